The molecule has 1 unspecified atom stereocenters. The molecule has 1 aliphatic heterocycles. The van der Waals surface area contributed by atoms with Crippen molar-refractivity contribution in [3.8, 4) is 17.1 Å². The van der Waals surface area contributed by atoms with E-state index in [0.29, 0.717) is 23.9 Å². The molecular formula is C27H24N6O. The predicted octanol–water partition coefficient (Wildman–Crippen LogP) is 4.31. The molecule has 3 aromatic carbocycles. The zero-order valence-electron chi connectivity index (χ0n) is 18.8. The van der Waals surface area contributed by atoms with E-state index < -0.39 is 0 Å². The number of anilines is 2. The van der Waals surface area contributed by atoms with Crippen LogP contribution in [0.1, 0.15) is 28.6 Å². The summed E-state index contributed by atoms with van der Waals surface area (Å²) in [7, 11) is 1.92. The molecule has 5 aromatic rings. The molecule has 7 nitrogen and oxygen atoms in total. The SMILES string of the molecule is Cn1nc(-c2ccccc2)nc1C(c1ccc2c(c1)CCO2)c1cc2cc(N)ccc2c(N)n1. The van der Waals surface area contributed by atoms with Gasteiger partial charge in [-0.15, -0.1) is 0 Å². The third-order valence-electron chi connectivity index (χ3n) is 6.33. The highest BCUT2D eigenvalue weighted by atomic mass is 16.5. The Labute approximate surface area is 197 Å². The fraction of sp³-hybridized carbons (Fsp3) is 0.148. The standard InChI is InChI=1S/C27H24N6O/c1-33-27(31-26(32-33)16-5-3-2-4-6-16)24(18-7-10-23-17(13-18)11-12-34-23)22-15-19-14-20(28)8-9-21(19)25(29)30-22/h2-10,13-15,24H,11-12,28H2,1H3,(H2,29,30). The second-order valence-corrected chi connectivity index (χ2v) is 8.59. The van der Waals surface area contributed by atoms with E-state index in [4.69, 9.17) is 31.3 Å². The number of nitrogens with two attached hydrogens (primary N) is 2. The Morgan fingerprint density at radius 1 is 0.941 bits per heavy atom. The Balaban J connectivity index is 1.56. The zero-order chi connectivity index (χ0) is 23.2. The Kier molecular flexibility index (Phi) is 4.69. The summed E-state index contributed by atoms with van der Waals surface area (Å²) < 4.78 is 7.57. The molecule has 4 N–H and O–H groups in total. The fourth-order valence-corrected chi connectivity index (χ4v) is 4.67. The molecule has 2 aromatic heterocycles. The third-order valence-corrected chi connectivity index (χ3v) is 6.33. The number of aryl methyl sites for hydroxylation is 1. The van der Waals surface area contributed by atoms with Crippen molar-refractivity contribution in [1.82, 2.24) is 19.7 Å². The van der Waals surface area contributed by atoms with Crippen LogP contribution in [0.5, 0.6) is 5.75 Å². The monoisotopic (exact) mass is 448 g/mol. The van der Waals surface area contributed by atoms with E-state index >= 15 is 0 Å². The second kappa shape index (κ2) is 7.88. The molecular weight excluding hydrogens is 424 g/mol. The van der Waals surface area contributed by atoms with Crippen LogP contribution >= 0.6 is 0 Å². The van der Waals surface area contributed by atoms with Crippen LogP contribution in [0.4, 0.5) is 11.5 Å². The van der Waals surface area contributed by atoms with Crippen LogP contribution in [0, 0.1) is 0 Å². The molecule has 0 radical (unpaired) electrons. The van der Waals surface area contributed by atoms with Gasteiger partial charge in [-0.25, -0.2) is 9.97 Å². The Morgan fingerprint density at radius 2 is 1.79 bits per heavy atom. The van der Waals surface area contributed by atoms with Crippen LogP contribution in [0.3, 0.4) is 0 Å². The molecule has 0 bridgehead atoms. The Morgan fingerprint density at radius 3 is 2.65 bits per heavy atom. The van der Waals surface area contributed by atoms with Crippen molar-refractivity contribution in [2.75, 3.05) is 18.1 Å². The van der Waals surface area contributed by atoms with Gasteiger partial charge < -0.3 is 16.2 Å². The molecule has 3 heterocycles. The first kappa shape index (κ1) is 20.2. The van der Waals surface area contributed by atoms with E-state index in [1.165, 1.54) is 5.56 Å². The largest absolute Gasteiger partial charge is 0.493 e. The van der Waals surface area contributed by atoms with E-state index in [2.05, 4.69) is 12.1 Å². The lowest BCUT2D eigenvalue weighted by molar-refractivity contribution is 0.357. The molecule has 1 atom stereocenters. The maximum atomic E-state index is 6.41. The highest BCUT2D eigenvalue weighted by Gasteiger charge is 2.27. The summed E-state index contributed by atoms with van der Waals surface area (Å²) in [5.74, 6) is 2.59. The van der Waals surface area contributed by atoms with Crippen LogP contribution in [0.2, 0.25) is 0 Å². The molecule has 0 saturated heterocycles. The number of hydrogen-bond acceptors (Lipinski definition) is 6. The topological polar surface area (TPSA) is 105 Å². The molecule has 0 fully saturated rings. The number of nitrogen functional groups attached to an aromatic ring is 2. The summed E-state index contributed by atoms with van der Waals surface area (Å²) in [6.45, 7) is 0.700. The first-order valence-corrected chi connectivity index (χ1v) is 11.2. The Bertz CT molecular complexity index is 1530. The number of ether oxygens (including phenoxy) is 1. The van der Waals surface area contributed by atoms with E-state index in [-0.39, 0.29) is 5.92 Å². The summed E-state index contributed by atoms with van der Waals surface area (Å²) in [5, 5.41) is 6.55. The van der Waals surface area contributed by atoms with Crippen LogP contribution in [0.15, 0.2) is 72.8 Å². The van der Waals surface area contributed by atoms with E-state index in [1.807, 2.05) is 72.4 Å². The first-order valence-electron chi connectivity index (χ1n) is 11.2. The minimum Gasteiger partial charge on any atom is -0.493 e. The first-order chi connectivity index (χ1) is 16.6. The molecule has 0 saturated carbocycles. The van der Waals surface area contributed by atoms with Crippen molar-refractivity contribution >= 4 is 22.3 Å². The van der Waals surface area contributed by atoms with Crippen LogP contribution in [-0.2, 0) is 13.5 Å². The second-order valence-electron chi connectivity index (χ2n) is 8.59. The molecule has 0 spiro atoms. The molecule has 7 heteroatoms. The molecule has 6 rings (SSSR count). The number of rotatable bonds is 4. The lowest BCUT2D eigenvalue weighted by Gasteiger charge is -2.18. The van der Waals surface area contributed by atoms with Crippen molar-refractivity contribution in [3.63, 3.8) is 0 Å². The summed E-state index contributed by atoms with van der Waals surface area (Å²) in [6, 6.07) is 24.0. The average Bonchev–Trinajstić information content (AvgIpc) is 3.46. The quantitative estimate of drug-likeness (QED) is 0.397. The lowest BCUT2D eigenvalue weighted by atomic mass is 9.91. The third kappa shape index (κ3) is 3.42. The average molecular weight is 449 g/mol. The van der Waals surface area contributed by atoms with Gasteiger partial charge in [0, 0.05) is 30.1 Å². The van der Waals surface area contributed by atoms with Gasteiger partial charge in [-0.05, 0) is 46.8 Å². The van der Waals surface area contributed by atoms with Gasteiger partial charge in [-0.3, -0.25) is 4.68 Å². The minimum atomic E-state index is -0.269. The number of nitrogens with zero attached hydrogens (tertiary/aromatic N) is 4. The molecule has 0 amide bonds. The Hall–Kier alpha value is -4.39. The maximum absolute atomic E-state index is 6.41. The number of benzene rings is 3. The van der Waals surface area contributed by atoms with Crippen LogP contribution in [0.25, 0.3) is 22.2 Å². The van der Waals surface area contributed by atoms with Crippen LogP contribution in [-0.4, -0.2) is 26.4 Å². The highest BCUT2D eigenvalue weighted by Crippen LogP contribution is 2.37. The van der Waals surface area contributed by atoms with E-state index in [0.717, 1.165) is 45.6 Å². The lowest BCUT2D eigenvalue weighted by Crippen LogP contribution is -2.13. The van der Waals surface area contributed by atoms with Gasteiger partial charge in [0.05, 0.1) is 18.2 Å². The molecule has 168 valence electrons. The van der Waals surface area contributed by atoms with Crippen molar-refractivity contribution < 1.29 is 4.74 Å². The van der Waals surface area contributed by atoms with Crippen molar-refractivity contribution in [2.45, 2.75) is 12.3 Å². The predicted molar refractivity (Wildman–Crippen MR) is 134 cm³/mol. The van der Waals surface area contributed by atoms with Gasteiger partial charge in [-0.2, -0.15) is 5.10 Å². The number of pyridine rings is 1. The number of fused-ring (bicyclic) bond motifs is 2. The van der Waals surface area contributed by atoms with E-state index in [1.54, 1.807) is 0 Å². The normalized spacial score (nSPS) is 13.6. The van der Waals surface area contributed by atoms with Crippen molar-refractivity contribution in [3.05, 3.63) is 95.4 Å². The molecule has 1 aliphatic rings. The zero-order valence-corrected chi connectivity index (χ0v) is 18.8. The van der Waals surface area contributed by atoms with E-state index in [9.17, 15) is 0 Å². The molecule has 34 heavy (non-hydrogen) atoms. The fourth-order valence-electron chi connectivity index (χ4n) is 4.67. The summed E-state index contributed by atoms with van der Waals surface area (Å²) in [6.07, 6.45) is 0.883. The summed E-state index contributed by atoms with van der Waals surface area (Å²) in [5.41, 5.74) is 17.2. The van der Waals surface area contributed by atoms with Gasteiger partial charge in [0.25, 0.3) is 0 Å². The van der Waals surface area contributed by atoms with Gasteiger partial charge in [0.1, 0.15) is 17.4 Å². The number of aromatic nitrogens is 4. The maximum Gasteiger partial charge on any atom is 0.181 e. The van der Waals surface area contributed by atoms with Gasteiger partial charge in [0.15, 0.2) is 5.82 Å². The highest BCUT2D eigenvalue weighted by molar-refractivity contribution is 5.93. The minimum absolute atomic E-state index is 0.269. The van der Waals surface area contributed by atoms with Crippen molar-refractivity contribution in [1.29, 1.82) is 0 Å². The van der Waals surface area contributed by atoms with Gasteiger partial charge in [-0.1, -0.05) is 42.5 Å². The smallest absolute Gasteiger partial charge is 0.181 e. The van der Waals surface area contributed by atoms with Gasteiger partial charge >= 0.3 is 0 Å². The summed E-state index contributed by atoms with van der Waals surface area (Å²) >= 11 is 0. The summed E-state index contributed by atoms with van der Waals surface area (Å²) in [4.78, 5) is 9.79. The molecule has 0 aliphatic carbocycles. The van der Waals surface area contributed by atoms with Crippen molar-refractivity contribution in [2.24, 2.45) is 7.05 Å². The van der Waals surface area contributed by atoms with Gasteiger partial charge in [0.2, 0.25) is 0 Å². The van der Waals surface area contributed by atoms with Crippen LogP contribution < -0.4 is 16.2 Å². The number of hydrogen-bond donors (Lipinski definition) is 2.